The maximum Gasteiger partial charge on any atom is 0.277 e. The monoisotopic (exact) mass is 467 g/mol. The number of aryl methyl sites for hydroxylation is 1. The van der Waals surface area contributed by atoms with Crippen molar-refractivity contribution in [1.29, 1.82) is 5.26 Å². The molecule has 2 heterocycles. The second-order valence-electron chi connectivity index (χ2n) is 8.28. The Balaban J connectivity index is 1.65. The molecule has 3 aromatic rings. The van der Waals surface area contributed by atoms with E-state index in [1.165, 1.54) is 7.11 Å². The minimum absolute atomic E-state index is 0.144. The van der Waals surface area contributed by atoms with Crippen LogP contribution in [0.1, 0.15) is 27.0 Å². The van der Waals surface area contributed by atoms with Gasteiger partial charge in [0.1, 0.15) is 17.7 Å². The average Bonchev–Trinajstić information content (AvgIpc) is 3.41. The van der Waals surface area contributed by atoms with Gasteiger partial charge in [-0.3, -0.25) is 9.59 Å². The molecule has 0 radical (unpaired) electrons. The first kappa shape index (κ1) is 22.2. The zero-order valence-electron chi connectivity index (χ0n) is 19.1. The number of ketones is 1. The second-order valence-corrected chi connectivity index (χ2v) is 8.28. The highest BCUT2D eigenvalue weighted by Gasteiger charge is 2.63. The molecule has 8 nitrogen and oxygen atoms in total. The van der Waals surface area contributed by atoms with Gasteiger partial charge in [0.2, 0.25) is 0 Å². The van der Waals surface area contributed by atoms with E-state index < -0.39 is 17.4 Å². The molecule has 2 aliphatic rings. The van der Waals surface area contributed by atoms with Gasteiger partial charge >= 0.3 is 0 Å². The third-order valence-corrected chi connectivity index (χ3v) is 6.23. The van der Waals surface area contributed by atoms with Crippen molar-refractivity contribution >= 4 is 23.1 Å². The number of anilines is 1. The lowest BCUT2D eigenvalue weighted by Crippen LogP contribution is -2.46. The van der Waals surface area contributed by atoms with Crippen molar-refractivity contribution in [3.8, 4) is 17.6 Å². The summed E-state index contributed by atoms with van der Waals surface area (Å²) in [5.41, 5.74) is 1.77. The molecule has 0 aliphatic carbocycles. The lowest BCUT2D eigenvalue weighted by molar-refractivity contribution is -0.140. The number of carbonyl (C=O) groups excluding carboxylic acids is 2. The molecule has 0 saturated heterocycles. The van der Waals surface area contributed by atoms with Crippen LogP contribution in [0.4, 0.5) is 5.69 Å². The van der Waals surface area contributed by atoms with Crippen LogP contribution < -0.4 is 14.8 Å². The van der Waals surface area contributed by atoms with E-state index in [1.807, 2.05) is 25.1 Å². The number of carbonyl (C=O) groups is 2. The third kappa shape index (κ3) is 3.49. The Kier molecular flexibility index (Phi) is 5.46. The van der Waals surface area contributed by atoms with Crippen LogP contribution in [0.2, 0.25) is 0 Å². The van der Waals surface area contributed by atoms with Crippen molar-refractivity contribution in [3.63, 3.8) is 0 Å². The molecule has 0 saturated carbocycles. The van der Waals surface area contributed by atoms with Gasteiger partial charge in [-0.1, -0.05) is 53.2 Å². The fraction of sp³-hybridized carbons (Fsp3) is 0.185. The van der Waals surface area contributed by atoms with Crippen LogP contribution in [0, 0.1) is 24.2 Å². The minimum Gasteiger partial charge on any atom is -0.493 e. The average molecular weight is 467 g/mol. The van der Waals surface area contributed by atoms with E-state index in [-0.39, 0.29) is 12.4 Å². The lowest BCUT2D eigenvalue weighted by Gasteiger charge is -2.26. The highest BCUT2D eigenvalue weighted by atomic mass is 16.7. The first-order chi connectivity index (χ1) is 17.0. The molecule has 1 N–H and O–H groups in total. The smallest absolute Gasteiger partial charge is 0.277 e. The number of para-hydroxylation sites is 1. The Morgan fingerprint density at radius 2 is 1.91 bits per heavy atom. The SMILES string of the molecule is COc1cc(C2=NO[C@]3(C(=O)Nc4ccccc43)[C@H]2C(=O)c2ccc(C)cc2)ccc1OCC#N. The quantitative estimate of drug-likeness (QED) is 0.549. The number of nitriles is 1. The van der Waals surface area contributed by atoms with Crippen molar-refractivity contribution in [1.82, 2.24) is 0 Å². The largest absolute Gasteiger partial charge is 0.493 e. The van der Waals surface area contributed by atoms with Crippen LogP contribution in [-0.4, -0.2) is 31.1 Å². The number of benzene rings is 3. The van der Waals surface area contributed by atoms with Crippen molar-refractivity contribution < 1.29 is 23.9 Å². The van der Waals surface area contributed by atoms with Gasteiger partial charge in [-0.05, 0) is 31.2 Å². The maximum absolute atomic E-state index is 14.0. The lowest BCUT2D eigenvalue weighted by atomic mass is 9.74. The molecule has 0 bridgehead atoms. The standard InChI is InChI=1S/C27H21N3O5/c1-16-7-9-17(10-8-16)25(31)23-24(18-11-12-21(34-14-13-28)22(15-18)33-2)30-35-27(23)19-5-3-4-6-20(19)29-26(27)32/h3-12,15,23H,14H2,1-2H3,(H,29,32)/t23-,27+/m1/s1. The Morgan fingerprint density at radius 3 is 2.66 bits per heavy atom. The van der Waals surface area contributed by atoms with Gasteiger partial charge in [0.25, 0.3) is 11.5 Å². The van der Waals surface area contributed by atoms with Crippen molar-refractivity contribution in [2.24, 2.45) is 11.1 Å². The van der Waals surface area contributed by atoms with Gasteiger partial charge in [0, 0.05) is 22.4 Å². The number of fused-ring (bicyclic) bond motifs is 2. The van der Waals surface area contributed by atoms with Crippen molar-refractivity contribution in [3.05, 3.63) is 89.0 Å². The van der Waals surface area contributed by atoms with Gasteiger partial charge < -0.3 is 19.6 Å². The molecule has 2 atom stereocenters. The van der Waals surface area contributed by atoms with Crippen LogP contribution >= 0.6 is 0 Å². The Bertz CT molecular complexity index is 1410. The third-order valence-electron chi connectivity index (χ3n) is 6.23. The summed E-state index contributed by atoms with van der Waals surface area (Å²) in [4.78, 5) is 33.3. The number of hydrogen-bond acceptors (Lipinski definition) is 7. The molecule has 0 aromatic heterocycles. The number of oxime groups is 1. The van der Waals surface area contributed by atoms with Gasteiger partial charge in [0.15, 0.2) is 23.9 Å². The second kappa shape index (κ2) is 8.61. The first-order valence-electron chi connectivity index (χ1n) is 11.0. The van der Waals surface area contributed by atoms with Gasteiger partial charge in [-0.15, -0.1) is 0 Å². The van der Waals surface area contributed by atoms with Crippen LogP contribution in [0.5, 0.6) is 11.5 Å². The molecule has 0 fully saturated rings. The summed E-state index contributed by atoms with van der Waals surface area (Å²) in [6.07, 6.45) is 0. The maximum atomic E-state index is 14.0. The van der Waals surface area contributed by atoms with Crippen LogP contribution in [0.15, 0.2) is 71.9 Å². The zero-order chi connectivity index (χ0) is 24.6. The topological polar surface area (TPSA) is 110 Å². The molecule has 1 spiro atoms. The van der Waals surface area contributed by atoms with E-state index >= 15 is 0 Å². The number of amides is 1. The molecule has 0 unspecified atom stereocenters. The van der Waals surface area contributed by atoms with Gasteiger partial charge in [-0.2, -0.15) is 5.26 Å². The number of nitrogens with zero attached hydrogens (tertiary/aromatic N) is 2. The predicted octanol–water partition coefficient (Wildman–Crippen LogP) is 3.99. The Labute approximate surface area is 201 Å². The highest BCUT2D eigenvalue weighted by molar-refractivity contribution is 6.24. The molecule has 3 aromatic carbocycles. The fourth-order valence-corrected chi connectivity index (χ4v) is 4.52. The highest BCUT2D eigenvalue weighted by Crippen LogP contribution is 2.50. The normalized spacial score (nSPS) is 19.9. The number of methoxy groups -OCH3 is 1. The number of Topliss-reactive ketones (excluding diaryl/α,β-unsaturated/α-hetero) is 1. The molecule has 8 heteroatoms. The summed E-state index contributed by atoms with van der Waals surface area (Å²) in [7, 11) is 1.47. The summed E-state index contributed by atoms with van der Waals surface area (Å²) >= 11 is 0. The van der Waals surface area contributed by atoms with E-state index in [0.29, 0.717) is 39.6 Å². The fourth-order valence-electron chi connectivity index (χ4n) is 4.52. The summed E-state index contributed by atoms with van der Waals surface area (Å²) in [6, 6.07) is 21.2. The first-order valence-corrected chi connectivity index (χ1v) is 11.0. The molecule has 35 heavy (non-hydrogen) atoms. The molecule has 5 rings (SSSR count). The van der Waals surface area contributed by atoms with Gasteiger partial charge in [-0.25, -0.2) is 0 Å². The van der Waals surface area contributed by atoms with Crippen molar-refractivity contribution in [2.45, 2.75) is 12.5 Å². The predicted molar refractivity (Wildman–Crippen MR) is 127 cm³/mol. The molecule has 174 valence electrons. The summed E-state index contributed by atoms with van der Waals surface area (Å²) in [6.45, 7) is 1.79. The molecular formula is C27H21N3O5. The Morgan fingerprint density at radius 1 is 1.14 bits per heavy atom. The summed E-state index contributed by atoms with van der Waals surface area (Å²) in [5.74, 6) is -1.07. The number of hydrogen-bond donors (Lipinski definition) is 1. The number of rotatable bonds is 6. The molecule has 2 aliphatic heterocycles. The molecule has 1 amide bonds. The molecular weight excluding hydrogens is 446 g/mol. The Hall–Kier alpha value is -4.64. The van der Waals surface area contributed by atoms with E-state index in [2.05, 4.69) is 10.5 Å². The van der Waals surface area contributed by atoms with E-state index in [0.717, 1.165) is 5.56 Å². The van der Waals surface area contributed by atoms with E-state index in [4.69, 9.17) is 19.6 Å². The number of nitrogens with one attached hydrogen (secondary N) is 1. The van der Waals surface area contributed by atoms with E-state index in [1.54, 1.807) is 54.6 Å². The van der Waals surface area contributed by atoms with Crippen LogP contribution in [0.3, 0.4) is 0 Å². The van der Waals surface area contributed by atoms with Crippen molar-refractivity contribution in [2.75, 3.05) is 19.0 Å². The zero-order valence-corrected chi connectivity index (χ0v) is 19.1. The number of ether oxygens (including phenoxy) is 2. The summed E-state index contributed by atoms with van der Waals surface area (Å²) in [5, 5.41) is 16.0. The van der Waals surface area contributed by atoms with Crippen LogP contribution in [-0.2, 0) is 15.2 Å². The minimum atomic E-state index is -1.64. The van der Waals surface area contributed by atoms with E-state index in [9.17, 15) is 9.59 Å². The van der Waals surface area contributed by atoms with Crippen LogP contribution in [0.25, 0.3) is 0 Å². The summed E-state index contributed by atoms with van der Waals surface area (Å²) < 4.78 is 10.9. The van der Waals surface area contributed by atoms with Gasteiger partial charge in [0.05, 0.1) is 7.11 Å².